The number of piperazine rings is 2. The highest BCUT2D eigenvalue weighted by atomic mass is 19.1. The van der Waals surface area contributed by atoms with Gasteiger partial charge in [-0.3, -0.25) is 14.6 Å². The van der Waals surface area contributed by atoms with Crippen LogP contribution in [0.3, 0.4) is 0 Å². The third-order valence-corrected chi connectivity index (χ3v) is 6.26. The standard InChI is InChI=1S/C24H31FN4O/c1-20-6-2-5-9-23(20)28-14-10-27(11-15-28)19-24(30)29-16-12-26(13-17-29)18-21-7-3-4-8-22(21)25/h2-9H,10-19H2,1H3. The van der Waals surface area contributed by atoms with E-state index in [0.717, 1.165) is 57.9 Å². The zero-order chi connectivity index (χ0) is 20.9. The van der Waals surface area contributed by atoms with Crippen LogP contribution in [-0.2, 0) is 11.3 Å². The molecule has 0 bridgehead atoms. The van der Waals surface area contributed by atoms with Crippen LogP contribution in [0, 0.1) is 12.7 Å². The lowest BCUT2D eigenvalue weighted by molar-refractivity contribution is -0.134. The number of hydrogen-bond donors (Lipinski definition) is 0. The predicted molar refractivity (Wildman–Crippen MR) is 118 cm³/mol. The fourth-order valence-corrected chi connectivity index (χ4v) is 4.38. The van der Waals surface area contributed by atoms with Crippen LogP contribution in [0.25, 0.3) is 0 Å². The van der Waals surface area contributed by atoms with E-state index in [0.29, 0.717) is 13.1 Å². The Morgan fingerprint density at radius 1 is 0.833 bits per heavy atom. The summed E-state index contributed by atoms with van der Waals surface area (Å²) in [6.45, 7) is 10.0. The van der Waals surface area contributed by atoms with Crippen molar-refractivity contribution in [2.24, 2.45) is 0 Å². The number of para-hydroxylation sites is 1. The number of carbonyl (C=O) groups excluding carboxylic acids is 1. The van der Waals surface area contributed by atoms with E-state index in [4.69, 9.17) is 0 Å². The van der Waals surface area contributed by atoms with Crippen LogP contribution in [-0.4, -0.2) is 79.5 Å². The smallest absolute Gasteiger partial charge is 0.236 e. The van der Waals surface area contributed by atoms with Crippen LogP contribution in [0.15, 0.2) is 48.5 Å². The molecule has 4 rings (SSSR count). The topological polar surface area (TPSA) is 30.0 Å². The van der Waals surface area contributed by atoms with Crippen LogP contribution in [0.2, 0.25) is 0 Å². The van der Waals surface area contributed by atoms with Crippen molar-refractivity contribution in [2.45, 2.75) is 13.5 Å². The number of amides is 1. The minimum atomic E-state index is -0.152. The molecule has 2 aromatic rings. The largest absolute Gasteiger partial charge is 0.369 e. The number of halogens is 1. The van der Waals surface area contributed by atoms with Crippen LogP contribution in [0.1, 0.15) is 11.1 Å². The molecule has 0 saturated carbocycles. The minimum Gasteiger partial charge on any atom is -0.369 e. The predicted octanol–water partition coefficient (Wildman–Crippen LogP) is 2.60. The van der Waals surface area contributed by atoms with Gasteiger partial charge in [-0.05, 0) is 24.6 Å². The van der Waals surface area contributed by atoms with Gasteiger partial charge in [-0.1, -0.05) is 36.4 Å². The summed E-state index contributed by atoms with van der Waals surface area (Å²) < 4.78 is 13.9. The summed E-state index contributed by atoms with van der Waals surface area (Å²) in [5.41, 5.74) is 3.33. The van der Waals surface area contributed by atoms with Crippen LogP contribution in [0.4, 0.5) is 10.1 Å². The molecule has 0 unspecified atom stereocenters. The van der Waals surface area contributed by atoms with Gasteiger partial charge in [-0.25, -0.2) is 4.39 Å². The fraction of sp³-hybridized carbons (Fsp3) is 0.458. The van der Waals surface area contributed by atoms with Crippen molar-refractivity contribution in [3.8, 4) is 0 Å². The van der Waals surface area contributed by atoms with Gasteiger partial charge < -0.3 is 9.80 Å². The number of nitrogens with zero attached hydrogens (tertiary/aromatic N) is 4. The summed E-state index contributed by atoms with van der Waals surface area (Å²) in [5.74, 6) is 0.0609. The van der Waals surface area contributed by atoms with Gasteiger partial charge in [0.25, 0.3) is 0 Å². The molecule has 2 aromatic carbocycles. The van der Waals surface area contributed by atoms with E-state index < -0.39 is 0 Å². The zero-order valence-electron chi connectivity index (χ0n) is 17.8. The Hall–Kier alpha value is -2.44. The van der Waals surface area contributed by atoms with Gasteiger partial charge in [-0.2, -0.15) is 0 Å². The van der Waals surface area contributed by atoms with Gasteiger partial charge in [0.15, 0.2) is 0 Å². The average Bonchev–Trinajstić information content (AvgIpc) is 2.77. The van der Waals surface area contributed by atoms with E-state index in [9.17, 15) is 9.18 Å². The van der Waals surface area contributed by atoms with Crippen molar-refractivity contribution in [2.75, 3.05) is 63.8 Å². The first-order chi connectivity index (χ1) is 14.6. The third-order valence-electron chi connectivity index (χ3n) is 6.26. The Labute approximate surface area is 178 Å². The molecule has 0 atom stereocenters. The fourth-order valence-electron chi connectivity index (χ4n) is 4.38. The molecule has 160 valence electrons. The van der Waals surface area contributed by atoms with E-state index in [1.165, 1.54) is 17.3 Å². The monoisotopic (exact) mass is 410 g/mol. The molecule has 2 fully saturated rings. The first kappa shape index (κ1) is 20.8. The Kier molecular flexibility index (Phi) is 6.65. The molecule has 0 aliphatic carbocycles. The number of carbonyl (C=O) groups is 1. The van der Waals surface area contributed by atoms with Crippen molar-refractivity contribution in [3.63, 3.8) is 0 Å². The first-order valence-corrected chi connectivity index (χ1v) is 10.9. The maximum absolute atomic E-state index is 13.9. The molecule has 6 heteroatoms. The van der Waals surface area contributed by atoms with Gasteiger partial charge >= 0.3 is 0 Å². The number of anilines is 1. The zero-order valence-corrected chi connectivity index (χ0v) is 17.8. The number of benzene rings is 2. The molecule has 30 heavy (non-hydrogen) atoms. The molecule has 2 aliphatic rings. The summed E-state index contributed by atoms with van der Waals surface area (Å²) in [7, 11) is 0. The normalized spacial score (nSPS) is 18.6. The molecular formula is C24H31FN4O. The lowest BCUT2D eigenvalue weighted by atomic mass is 10.1. The molecule has 5 nitrogen and oxygen atoms in total. The van der Waals surface area contributed by atoms with Crippen molar-refractivity contribution >= 4 is 11.6 Å². The molecule has 2 heterocycles. The summed E-state index contributed by atoms with van der Waals surface area (Å²) in [5, 5.41) is 0. The Morgan fingerprint density at radius 2 is 1.47 bits per heavy atom. The molecule has 2 aliphatic heterocycles. The second-order valence-corrected chi connectivity index (χ2v) is 8.30. The number of rotatable bonds is 5. The molecule has 0 N–H and O–H groups in total. The van der Waals surface area contributed by atoms with E-state index >= 15 is 0 Å². The second kappa shape index (κ2) is 9.58. The highest BCUT2D eigenvalue weighted by Gasteiger charge is 2.25. The van der Waals surface area contributed by atoms with Gasteiger partial charge in [0.1, 0.15) is 5.82 Å². The maximum atomic E-state index is 13.9. The summed E-state index contributed by atoms with van der Waals surface area (Å²) in [4.78, 5) is 21.7. The van der Waals surface area contributed by atoms with Gasteiger partial charge in [0.05, 0.1) is 6.54 Å². The molecular weight excluding hydrogens is 379 g/mol. The van der Waals surface area contributed by atoms with E-state index in [1.807, 2.05) is 17.0 Å². The first-order valence-electron chi connectivity index (χ1n) is 10.9. The lowest BCUT2D eigenvalue weighted by Gasteiger charge is -2.39. The van der Waals surface area contributed by atoms with E-state index in [-0.39, 0.29) is 11.7 Å². The highest BCUT2D eigenvalue weighted by Crippen LogP contribution is 2.21. The molecule has 0 spiro atoms. The van der Waals surface area contributed by atoms with Crippen LogP contribution < -0.4 is 4.90 Å². The average molecular weight is 411 g/mol. The summed E-state index contributed by atoms with van der Waals surface area (Å²) in [6, 6.07) is 15.4. The lowest BCUT2D eigenvalue weighted by Crippen LogP contribution is -2.53. The maximum Gasteiger partial charge on any atom is 0.236 e. The quantitative estimate of drug-likeness (QED) is 0.758. The second-order valence-electron chi connectivity index (χ2n) is 8.30. The van der Waals surface area contributed by atoms with Gasteiger partial charge in [-0.15, -0.1) is 0 Å². The Bertz CT molecular complexity index is 858. The summed E-state index contributed by atoms with van der Waals surface area (Å²) >= 11 is 0. The van der Waals surface area contributed by atoms with Gasteiger partial charge in [0, 0.05) is 70.2 Å². The third kappa shape index (κ3) is 4.99. The van der Waals surface area contributed by atoms with Crippen molar-refractivity contribution < 1.29 is 9.18 Å². The van der Waals surface area contributed by atoms with E-state index in [2.05, 4.69) is 45.9 Å². The summed E-state index contributed by atoms with van der Waals surface area (Å²) in [6.07, 6.45) is 0. The highest BCUT2D eigenvalue weighted by molar-refractivity contribution is 5.78. The number of aryl methyl sites for hydroxylation is 1. The molecule has 2 saturated heterocycles. The van der Waals surface area contributed by atoms with Crippen molar-refractivity contribution in [1.82, 2.24) is 14.7 Å². The number of hydrogen-bond acceptors (Lipinski definition) is 4. The SMILES string of the molecule is Cc1ccccc1N1CCN(CC(=O)N2CCN(Cc3ccccc3F)CC2)CC1. The van der Waals surface area contributed by atoms with E-state index in [1.54, 1.807) is 6.07 Å². The molecule has 0 radical (unpaired) electrons. The van der Waals surface area contributed by atoms with Crippen molar-refractivity contribution in [3.05, 3.63) is 65.5 Å². The molecule has 0 aromatic heterocycles. The van der Waals surface area contributed by atoms with Crippen LogP contribution >= 0.6 is 0 Å². The van der Waals surface area contributed by atoms with Crippen LogP contribution in [0.5, 0.6) is 0 Å². The minimum absolute atomic E-state index is 0.152. The molecule has 1 amide bonds. The Balaban J connectivity index is 1.21. The van der Waals surface area contributed by atoms with Gasteiger partial charge in [0.2, 0.25) is 5.91 Å². The Morgan fingerprint density at radius 3 is 2.17 bits per heavy atom. The van der Waals surface area contributed by atoms with Crippen molar-refractivity contribution in [1.29, 1.82) is 0 Å².